The van der Waals surface area contributed by atoms with Crippen molar-refractivity contribution in [3.8, 4) is 0 Å². The van der Waals surface area contributed by atoms with Crippen LogP contribution >= 0.6 is 23.4 Å². The first kappa shape index (κ1) is 19.1. The minimum absolute atomic E-state index is 0.549. The molecule has 0 radical (unpaired) electrons. The Bertz CT molecular complexity index is 928. The molecule has 0 atom stereocenters. The van der Waals surface area contributed by atoms with E-state index in [0.717, 1.165) is 47.7 Å². The van der Waals surface area contributed by atoms with Gasteiger partial charge in [0.2, 0.25) is 0 Å². The number of hydrogen-bond acceptors (Lipinski definition) is 6. The Labute approximate surface area is 173 Å². The standard InChI is InChI=1S/C21H21ClN4OS/c22-19-14-24-20(25-21(19)28-18-7-3-16(23)4-8-18)13-15-1-5-17(6-2-15)26-9-11-27-12-10-26/h1-8,14H,9-13,23H2. The van der Waals surface area contributed by atoms with Crippen LogP contribution in [0.25, 0.3) is 0 Å². The van der Waals surface area contributed by atoms with Crippen LogP contribution in [0.2, 0.25) is 5.02 Å². The van der Waals surface area contributed by atoms with Crippen molar-refractivity contribution in [3.05, 3.63) is 71.1 Å². The Morgan fingerprint density at radius 2 is 1.75 bits per heavy atom. The van der Waals surface area contributed by atoms with E-state index in [-0.39, 0.29) is 0 Å². The molecule has 0 unspecified atom stereocenters. The van der Waals surface area contributed by atoms with Gasteiger partial charge in [0.15, 0.2) is 0 Å². The van der Waals surface area contributed by atoms with E-state index in [1.165, 1.54) is 23.0 Å². The number of rotatable bonds is 5. The van der Waals surface area contributed by atoms with Crippen LogP contribution in [0.15, 0.2) is 64.6 Å². The van der Waals surface area contributed by atoms with Crippen molar-refractivity contribution in [1.82, 2.24) is 9.97 Å². The fraction of sp³-hybridized carbons (Fsp3) is 0.238. The molecular weight excluding hydrogens is 392 g/mol. The van der Waals surface area contributed by atoms with Gasteiger partial charge in [-0.3, -0.25) is 0 Å². The zero-order chi connectivity index (χ0) is 19.3. The maximum atomic E-state index is 6.30. The van der Waals surface area contributed by atoms with Crippen molar-refractivity contribution in [1.29, 1.82) is 0 Å². The predicted molar refractivity (Wildman–Crippen MR) is 114 cm³/mol. The maximum absolute atomic E-state index is 6.30. The third-order valence-corrected chi connectivity index (χ3v) is 5.93. The Hall–Kier alpha value is -2.28. The summed E-state index contributed by atoms with van der Waals surface area (Å²) in [7, 11) is 0. The van der Waals surface area contributed by atoms with E-state index < -0.39 is 0 Å². The first-order valence-corrected chi connectivity index (χ1v) is 10.3. The fourth-order valence-corrected chi connectivity index (χ4v) is 4.02. The van der Waals surface area contributed by atoms with Gasteiger partial charge in [0, 0.05) is 35.8 Å². The van der Waals surface area contributed by atoms with Crippen molar-refractivity contribution >= 4 is 34.7 Å². The quantitative estimate of drug-likeness (QED) is 0.498. The number of benzene rings is 2. The third-order valence-electron chi connectivity index (χ3n) is 4.53. The van der Waals surface area contributed by atoms with E-state index in [1.807, 2.05) is 24.3 Å². The topological polar surface area (TPSA) is 64.3 Å². The SMILES string of the molecule is Nc1ccc(Sc2nc(Cc3ccc(N4CCOCC4)cc3)ncc2Cl)cc1. The number of morpholine rings is 1. The van der Waals surface area contributed by atoms with Gasteiger partial charge in [0.25, 0.3) is 0 Å². The van der Waals surface area contributed by atoms with E-state index in [9.17, 15) is 0 Å². The normalized spacial score (nSPS) is 14.2. The highest BCUT2D eigenvalue weighted by Crippen LogP contribution is 2.32. The molecule has 0 aliphatic carbocycles. The second kappa shape index (κ2) is 8.82. The smallest absolute Gasteiger partial charge is 0.134 e. The molecule has 1 saturated heterocycles. The molecule has 0 spiro atoms. The van der Waals surface area contributed by atoms with Gasteiger partial charge in [-0.15, -0.1) is 0 Å². The van der Waals surface area contributed by atoms with Gasteiger partial charge in [0.1, 0.15) is 10.9 Å². The van der Waals surface area contributed by atoms with Crippen molar-refractivity contribution in [2.45, 2.75) is 16.3 Å². The van der Waals surface area contributed by atoms with Crippen LogP contribution in [0.5, 0.6) is 0 Å². The lowest BCUT2D eigenvalue weighted by atomic mass is 10.1. The number of ether oxygens (including phenoxy) is 1. The lowest BCUT2D eigenvalue weighted by Gasteiger charge is -2.28. The summed E-state index contributed by atoms with van der Waals surface area (Å²) in [6.07, 6.45) is 2.33. The van der Waals surface area contributed by atoms with E-state index in [2.05, 4.69) is 39.1 Å². The number of nitrogen functional groups attached to an aromatic ring is 1. The van der Waals surface area contributed by atoms with E-state index in [1.54, 1.807) is 6.20 Å². The summed E-state index contributed by atoms with van der Waals surface area (Å²) in [5.41, 5.74) is 8.88. The molecule has 28 heavy (non-hydrogen) atoms. The van der Waals surface area contributed by atoms with Crippen LogP contribution in [-0.2, 0) is 11.2 Å². The molecule has 144 valence electrons. The monoisotopic (exact) mass is 412 g/mol. The van der Waals surface area contributed by atoms with Gasteiger partial charge in [-0.2, -0.15) is 0 Å². The number of halogens is 1. The number of hydrogen-bond donors (Lipinski definition) is 1. The van der Waals surface area contributed by atoms with Crippen molar-refractivity contribution in [3.63, 3.8) is 0 Å². The van der Waals surface area contributed by atoms with E-state index in [4.69, 9.17) is 22.1 Å². The number of nitrogens with zero attached hydrogens (tertiary/aromatic N) is 3. The molecule has 7 heteroatoms. The molecule has 3 aromatic rings. The molecule has 1 aromatic heterocycles. The van der Waals surface area contributed by atoms with Gasteiger partial charge in [-0.05, 0) is 42.0 Å². The summed E-state index contributed by atoms with van der Waals surface area (Å²) >= 11 is 7.81. The minimum Gasteiger partial charge on any atom is -0.399 e. The summed E-state index contributed by atoms with van der Waals surface area (Å²) in [5, 5.41) is 1.30. The van der Waals surface area contributed by atoms with Crippen LogP contribution in [0.3, 0.4) is 0 Å². The molecule has 0 bridgehead atoms. The summed E-state index contributed by atoms with van der Waals surface area (Å²) < 4.78 is 5.42. The predicted octanol–water partition coefficient (Wildman–Crippen LogP) is 4.29. The second-order valence-corrected chi connectivity index (χ2v) is 8.02. The molecule has 1 fully saturated rings. The number of aromatic nitrogens is 2. The maximum Gasteiger partial charge on any atom is 0.134 e. The molecule has 5 nitrogen and oxygen atoms in total. The summed E-state index contributed by atoms with van der Waals surface area (Å²) in [6.45, 7) is 3.44. The average molecular weight is 413 g/mol. The van der Waals surface area contributed by atoms with Crippen molar-refractivity contribution < 1.29 is 4.74 Å². The number of anilines is 2. The molecule has 0 amide bonds. The Morgan fingerprint density at radius 1 is 1.04 bits per heavy atom. The lowest BCUT2D eigenvalue weighted by Crippen LogP contribution is -2.36. The molecule has 1 aliphatic rings. The third kappa shape index (κ3) is 4.76. The molecule has 2 aromatic carbocycles. The van der Waals surface area contributed by atoms with Crippen LogP contribution in [0, 0.1) is 0 Å². The molecule has 2 heterocycles. The zero-order valence-electron chi connectivity index (χ0n) is 15.3. The Balaban J connectivity index is 1.46. The summed E-state index contributed by atoms with van der Waals surface area (Å²) in [6, 6.07) is 16.2. The van der Waals surface area contributed by atoms with Crippen LogP contribution in [0.4, 0.5) is 11.4 Å². The van der Waals surface area contributed by atoms with Crippen molar-refractivity contribution in [2.75, 3.05) is 36.9 Å². The first-order valence-electron chi connectivity index (χ1n) is 9.14. The highest BCUT2D eigenvalue weighted by molar-refractivity contribution is 7.99. The molecular formula is C21H21ClN4OS. The summed E-state index contributed by atoms with van der Waals surface area (Å²) in [5.74, 6) is 0.751. The lowest BCUT2D eigenvalue weighted by molar-refractivity contribution is 0.122. The van der Waals surface area contributed by atoms with Gasteiger partial charge in [-0.25, -0.2) is 9.97 Å². The number of nitrogens with two attached hydrogens (primary N) is 1. The molecule has 1 aliphatic heterocycles. The molecule has 4 rings (SSSR count). The highest BCUT2D eigenvalue weighted by atomic mass is 35.5. The minimum atomic E-state index is 0.549. The molecule has 2 N–H and O–H groups in total. The summed E-state index contributed by atoms with van der Waals surface area (Å²) in [4.78, 5) is 12.4. The van der Waals surface area contributed by atoms with Gasteiger partial charge in [-0.1, -0.05) is 35.5 Å². The fourth-order valence-electron chi connectivity index (χ4n) is 3.02. The van der Waals surface area contributed by atoms with E-state index in [0.29, 0.717) is 11.4 Å². The average Bonchev–Trinajstić information content (AvgIpc) is 2.73. The van der Waals surface area contributed by atoms with Gasteiger partial charge in [0.05, 0.1) is 24.4 Å². The first-order chi connectivity index (χ1) is 13.7. The zero-order valence-corrected chi connectivity index (χ0v) is 16.9. The van der Waals surface area contributed by atoms with Crippen LogP contribution in [0.1, 0.15) is 11.4 Å². The molecule has 0 saturated carbocycles. The Kier molecular flexibility index (Phi) is 6.00. The van der Waals surface area contributed by atoms with Crippen molar-refractivity contribution in [2.24, 2.45) is 0 Å². The van der Waals surface area contributed by atoms with E-state index >= 15 is 0 Å². The highest BCUT2D eigenvalue weighted by Gasteiger charge is 2.12. The van der Waals surface area contributed by atoms with Gasteiger partial charge >= 0.3 is 0 Å². The largest absolute Gasteiger partial charge is 0.399 e. The van der Waals surface area contributed by atoms with Gasteiger partial charge < -0.3 is 15.4 Å². The van der Waals surface area contributed by atoms with Crippen LogP contribution in [-0.4, -0.2) is 36.3 Å². The Morgan fingerprint density at radius 3 is 2.46 bits per heavy atom. The van der Waals surface area contributed by atoms with Crippen LogP contribution < -0.4 is 10.6 Å². The second-order valence-electron chi connectivity index (χ2n) is 6.55.